The van der Waals surface area contributed by atoms with E-state index in [1.54, 1.807) is 23.2 Å². The molecule has 11 heteroatoms. The molecule has 4 rings (SSSR count). The SMILES string of the molecule is COCCn1cnc(C2CC(c3ccc(C(F)(F)F)cc3)CN(C(=O)N3CCNC(C=O)C3)C2)c1. The molecule has 35 heavy (non-hydrogen) atoms. The zero-order valence-electron chi connectivity index (χ0n) is 19.6. The van der Waals surface area contributed by atoms with Crippen LogP contribution < -0.4 is 5.32 Å². The molecule has 0 bridgehead atoms. The maximum atomic E-state index is 13.4. The first-order valence-corrected chi connectivity index (χ1v) is 11.7. The number of methoxy groups -OCH3 is 1. The fraction of sp³-hybridized carbons (Fsp3) is 0.542. The molecule has 0 aliphatic carbocycles. The van der Waals surface area contributed by atoms with E-state index in [4.69, 9.17) is 4.74 Å². The average Bonchev–Trinajstić information content (AvgIpc) is 3.35. The molecule has 1 aromatic heterocycles. The smallest absolute Gasteiger partial charge is 0.383 e. The van der Waals surface area contributed by atoms with Gasteiger partial charge in [0.25, 0.3) is 0 Å². The van der Waals surface area contributed by atoms with Crippen molar-refractivity contribution in [1.29, 1.82) is 0 Å². The number of halogens is 3. The van der Waals surface area contributed by atoms with Gasteiger partial charge in [0, 0.05) is 64.4 Å². The highest BCUT2D eigenvalue weighted by Gasteiger charge is 2.36. The van der Waals surface area contributed by atoms with Gasteiger partial charge in [0.1, 0.15) is 6.29 Å². The van der Waals surface area contributed by atoms with Gasteiger partial charge in [-0.25, -0.2) is 9.78 Å². The molecule has 3 unspecified atom stereocenters. The Kier molecular flexibility index (Phi) is 7.75. The number of aldehydes is 1. The van der Waals surface area contributed by atoms with Crippen molar-refractivity contribution in [2.45, 2.75) is 37.0 Å². The second-order valence-electron chi connectivity index (χ2n) is 9.11. The Hall–Kier alpha value is -2.92. The lowest BCUT2D eigenvalue weighted by Crippen LogP contribution is -2.57. The molecule has 2 aliphatic heterocycles. The third-order valence-corrected chi connectivity index (χ3v) is 6.70. The van der Waals surface area contributed by atoms with Crippen LogP contribution in [0.4, 0.5) is 18.0 Å². The molecule has 2 aliphatic rings. The summed E-state index contributed by atoms with van der Waals surface area (Å²) < 4.78 is 46.2. The molecule has 1 N–H and O–H groups in total. The van der Waals surface area contributed by atoms with Gasteiger partial charge in [0.05, 0.1) is 30.2 Å². The molecule has 2 fully saturated rings. The van der Waals surface area contributed by atoms with E-state index in [1.165, 1.54) is 12.1 Å². The van der Waals surface area contributed by atoms with Crippen LogP contribution in [-0.2, 0) is 22.3 Å². The minimum atomic E-state index is -4.40. The van der Waals surface area contributed by atoms with Crippen LogP contribution in [0.15, 0.2) is 36.8 Å². The number of hydrogen-bond acceptors (Lipinski definition) is 5. The lowest BCUT2D eigenvalue weighted by Gasteiger charge is -2.41. The Morgan fingerprint density at radius 2 is 1.91 bits per heavy atom. The number of piperidine rings is 1. The number of urea groups is 1. The maximum absolute atomic E-state index is 13.4. The number of carbonyl (C=O) groups excluding carboxylic acids is 2. The quantitative estimate of drug-likeness (QED) is 0.626. The highest BCUT2D eigenvalue weighted by atomic mass is 19.4. The second-order valence-corrected chi connectivity index (χ2v) is 9.11. The van der Waals surface area contributed by atoms with E-state index < -0.39 is 17.8 Å². The van der Waals surface area contributed by atoms with E-state index in [0.29, 0.717) is 52.3 Å². The van der Waals surface area contributed by atoms with Gasteiger partial charge in [-0.3, -0.25) is 0 Å². The topological polar surface area (TPSA) is 79.7 Å². The van der Waals surface area contributed by atoms with Gasteiger partial charge in [0.2, 0.25) is 0 Å². The normalized spacial score (nSPS) is 23.4. The standard InChI is InChI=1S/C24H30F3N5O3/c1-35-9-8-30-14-22(29-16-30)19-10-18(17-2-4-20(5-3-17)24(25,26)27)11-32(12-19)23(34)31-7-6-28-21(13-31)15-33/h2-5,14-16,18-19,21,28H,6-13H2,1H3. The molecule has 0 spiro atoms. The molecule has 1 aromatic carbocycles. The van der Waals surface area contributed by atoms with Crippen LogP contribution in [0.2, 0.25) is 0 Å². The number of alkyl halides is 3. The third-order valence-electron chi connectivity index (χ3n) is 6.70. The molecule has 3 heterocycles. The summed E-state index contributed by atoms with van der Waals surface area (Å²) in [5, 5.41) is 3.07. The molecular formula is C24H30F3N5O3. The van der Waals surface area contributed by atoms with Crippen molar-refractivity contribution in [2.75, 3.05) is 46.4 Å². The van der Waals surface area contributed by atoms with Gasteiger partial charge in [0.15, 0.2) is 0 Å². The minimum Gasteiger partial charge on any atom is -0.383 e. The van der Waals surface area contributed by atoms with Gasteiger partial charge >= 0.3 is 12.2 Å². The Morgan fingerprint density at radius 1 is 1.17 bits per heavy atom. The molecular weight excluding hydrogens is 463 g/mol. The number of nitrogens with zero attached hydrogens (tertiary/aromatic N) is 4. The summed E-state index contributed by atoms with van der Waals surface area (Å²) in [6.07, 6.45) is 0.731. The van der Waals surface area contributed by atoms with Crippen molar-refractivity contribution in [2.24, 2.45) is 0 Å². The van der Waals surface area contributed by atoms with Crippen LogP contribution in [0.5, 0.6) is 0 Å². The van der Waals surface area contributed by atoms with Crippen molar-refractivity contribution in [1.82, 2.24) is 24.7 Å². The summed E-state index contributed by atoms with van der Waals surface area (Å²) in [5.41, 5.74) is 0.895. The molecule has 8 nitrogen and oxygen atoms in total. The largest absolute Gasteiger partial charge is 0.416 e. The number of amides is 2. The summed E-state index contributed by atoms with van der Waals surface area (Å²) in [6.45, 7) is 3.34. The number of benzene rings is 1. The molecule has 2 aromatic rings. The minimum absolute atomic E-state index is 0.0754. The summed E-state index contributed by atoms with van der Waals surface area (Å²) in [7, 11) is 1.63. The number of imidazole rings is 1. The fourth-order valence-electron chi connectivity index (χ4n) is 4.81. The summed E-state index contributed by atoms with van der Waals surface area (Å²) in [4.78, 5) is 32.6. The summed E-state index contributed by atoms with van der Waals surface area (Å²) >= 11 is 0. The van der Waals surface area contributed by atoms with Crippen LogP contribution in [0, 0.1) is 0 Å². The second kappa shape index (κ2) is 10.8. The molecule has 0 radical (unpaired) electrons. The zero-order valence-corrected chi connectivity index (χ0v) is 19.6. The third kappa shape index (κ3) is 6.02. The number of hydrogen-bond donors (Lipinski definition) is 1. The van der Waals surface area contributed by atoms with Gasteiger partial charge in [-0.2, -0.15) is 13.2 Å². The average molecular weight is 494 g/mol. The Labute approximate surface area is 202 Å². The molecule has 2 saturated heterocycles. The first-order valence-electron chi connectivity index (χ1n) is 11.7. The lowest BCUT2D eigenvalue weighted by atomic mass is 9.83. The van der Waals surface area contributed by atoms with E-state index in [-0.39, 0.29) is 17.9 Å². The molecule has 190 valence electrons. The maximum Gasteiger partial charge on any atom is 0.416 e. The van der Waals surface area contributed by atoms with E-state index in [2.05, 4.69) is 10.3 Å². The van der Waals surface area contributed by atoms with Crippen LogP contribution >= 0.6 is 0 Å². The highest BCUT2D eigenvalue weighted by molar-refractivity contribution is 5.76. The predicted octanol–water partition coefficient (Wildman–Crippen LogP) is 2.71. The number of aromatic nitrogens is 2. The van der Waals surface area contributed by atoms with E-state index in [0.717, 1.165) is 29.7 Å². The van der Waals surface area contributed by atoms with Crippen LogP contribution in [-0.4, -0.2) is 84.2 Å². The summed E-state index contributed by atoms with van der Waals surface area (Å²) in [6, 6.07) is 4.62. The highest BCUT2D eigenvalue weighted by Crippen LogP contribution is 2.37. The van der Waals surface area contributed by atoms with Crippen molar-refractivity contribution in [3.8, 4) is 0 Å². The van der Waals surface area contributed by atoms with Gasteiger partial charge in [-0.1, -0.05) is 12.1 Å². The Balaban J connectivity index is 1.57. The number of carbonyl (C=O) groups is 2. The summed E-state index contributed by atoms with van der Waals surface area (Å²) in [5.74, 6) is -0.220. The Bertz CT molecular complexity index is 1010. The van der Waals surface area contributed by atoms with E-state index in [1.807, 2.05) is 10.8 Å². The lowest BCUT2D eigenvalue weighted by molar-refractivity contribution is -0.137. The number of likely N-dealkylation sites (tertiary alicyclic amines) is 1. The molecule has 2 amide bonds. The number of nitrogens with one attached hydrogen (secondary N) is 1. The van der Waals surface area contributed by atoms with Crippen molar-refractivity contribution >= 4 is 12.3 Å². The van der Waals surface area contributed by atoms with Crippen molar-refractivity contribution in [3.63, 3.8) is 0 Å². The number of piperazine rings is 1. The first kappa shape index (κ1) is 25.2. The Morgan fingerprint density at radius 3 is 2.60 bits per heavy atom. The monoisotopic (exact) mass is 493 g/mol. The van der Waals surface area contributed by atoms with Crippen LogP contribution in [0.3, 0.4) is 0 Å². The predicted molar refractivity (Wildman–Crippen MR) is 122 cm³/mol. The van der Waals surface area contributed by atoms with Crippen molar-refractivity contribution in [3.05, 3.63) is 53.6 Å². The first-order chi connectivity index (χ1) is 16.8. The molecule has 0 saturated carbocycles. The van der Waals surface area contributed by atoms with Gasteiger partial charge in [-0.05, 0) is 24.1 Å². The van der Waals surface area contributed by atoms with E-state index >= 15 is 0 Å². The van der Waals surface area contributed by atoms with Gasteiger partial charge in [-0.15, -0.1) is 0 Å². The van der Waals surface area contributed by atoms with E-state index in [9.17, 15) is 22.8 Å². The van der Waals surface area contributed by atoms with Gasteiger partial charge < -0.3 is 29.2 Å². The zero-order chi connectivity index (χ0) is 25.0. The number of ether oxygens (including phenoxy) is 1. The van der Waals surface area contributed by atoms with Crippen molar-refractivity contribution < 1.29 is 27.5 Å². The van der Waals surface area contributed by atoms with Crippen LogP contribution in [0.1, 0.15) is 35.1 Å². The molecule has 3 atom stereocenters. The van der Waals surface area contributed by atoms with Crippen LogP contribution in [0.25, 0.3) is 0 Å². The fourth-order valence-corrected chi connectivity index (χ4v) is 4.81. The number of rotatable bonds is 6.